The molecule has 18 heavy (non-hydrogen) atoms. The monoisotopic (exact) mass is 270 g/mol. The summed E-state index contributed by atoms with van der Waals surface area (Å²) in [6.07, 6.45) is 6.05. The molecule has 2 rings (SSSR count). The summed E-state index contributed by atoms with van der Waals surface area (Å²) in [5.74, 6) is -0.789. The molecule has 1 aliphatic carbocycles. The molecule has 0 aromatic carbocycles. The van der Waals surface area contributed by atoms with Crippen LogP contribution < -0.4 is 0 Å². The fourth-order valence-electron chi connectivity index (χ4n) is 2.26. The molecule has 1 aromatic rings. The molecule has 1 unspecified atom stereocenters. The van der Waals surface area contributed by atoms with Gasteiger partial charge in [0, 0.05) is 0 Å². The van der Waals surface area contributed by atoms with Gasteiger partial charge in [0.15, 0.2) is 0 Å². The van der Waals surface area contributed by atoms with Crippen LogP contribution >= 0.6 is 11.8 Å². The van der Waals surface area contributed by atoms with Gasteiger partial charge < -0.3 is 5.11 Å². The predicted molar refractivity (Wildman–Crippen MR) is 67.5 cm³/mol. The zero-order valence-electron chi connectivity index (χ0n) is 10.4. The lowest BCUT2D eigenvalue weighted by molar-refractivity contribution is -0.136. The Kier molecular flexibility index (Phi) is 4.57. The Morgan fingerprint density at radius 1 is 1.56 bits per heavy atom. The van der Waals surface area contributed by atoms with Crippen LogP contribution in [0.15, 0.2) is 5.16 Å². The van der Waals surface area contributed by atoms with Gasteiger partial charge in [-0.05, 0) is 29.7 Å². The van der Waals surface area contributed by atoms with Crippen molar-refractivity contribution in [1.29, 1.82) is 0 Å². The molecule has 0 bridgehead atoms. The SMILES string of the molecule is CCCC(Sc1nnnn1C1CCCC1)C(=O)O. The molecule has 1 heterocycles. The van der Waals surface area contributed by atoms with E-state index in [0.29, 0.717) is 17.6 Å². The molecule has 100 valence electrons. The van der Waals surface area contributed by atoms with Gasteiger partial charge in [0.05, 0.1) is 6.04 Å². The molecule has 7 heteroatoms. The normalized spacial score (nSPS) is 18.1. The van der Waals surface area contributed by atoms with Gasteiger partial charge in [0.1, 0.15) is 5.25 Å². The van der Waals surface area contributed by atoms with Crippen LogP contribution in [0.1, 0.15) is 51.5 Å². The zero-order valence-corrected chi connectivity index (χ0v) is 11.3. The largest absolute Gasteiger partial charge is 0.480 e. The van der Waals surface area contributed by atoms with E-state index in [9.17, 15) is 4.79 Å². The van der Waals surface area contributed by atoms with E-state index in [1.54, 1.807) is 0 Å². The molecular formula is C11H18N4O2S. The second-order valence-electron chi connectivity index (χ2n) is 4.58. The lowest BCUT2D eigenvalue weighted by Crippen LogP contribution is -2.18. The third-order valence-electron chi connectivity index (χ3n) is 3.21. The molecule has 1 saturated carbocycles. The number of hydrogen-bond acceptors (Lipinski definition) is 5. The summed E-state index contributed by atoms with van der Waals surface area (Å²) in [5, 5.41) is 21.0. The van der Waals surface area contributed by atoms with E-state index < -0.39 is 11.2 Å². The second-order valence-corrected chi connectivity index (χ2v) is 5.75. The maximum atomic E-state index is 11.1. The molecule has 0 saturated heterocycles. The first-order valence-corrected chi connectivity index (χ1v) is 7.27. The summed E-state index contributed by atoms with van der Waals surface area (Å²) >= 11 is 1.27. The molecule has 1 aliphatic rings. The number of aromatic nitrogens is 4. The first kappa shape index (κ1) is 13.3. The number of hydrogen-bond donors (Lipinski definition) is 1. The minimum absolute atomic E-state index is 0.346. The van der Waals surface area contributed by atoms with Gasteiger partial charge in [-0.1, -0.05) is 37.9 Å². The highest BCUT2D eigenvalue weighted by atomic mass is 32.2. The molecule has 1 atom stereocenters. The summed E-state index contributed by atoms with van der Waals surface area (Å²) in [6, 6.07) is 0.346. The van der Waals surface area contributed by atoms with E-state index in [4.69, 9.17) is 5.11 Å². The standard InChI is InChI=1S/C11H18N4O2S/c1-2-5-9(10(16)17)18-11-12-13-14-15(11)8-6-3-4-7-8/h8-9H,2-7H2,1H3,(H,16,17). The fourth-order valence-corrected chi connectivity index (χ4v) is 3.35. The molecule has 0 aliphatic heterocycles. The van der Waals surface area contributed by atoms with Gasteiger partial charge in [-0.15, -0.1) is 5.10 Å². The van der Waals surface area contributed by atoms with E-state index in [-0.39, 0.29) is 0 Å². The van der Waals surface area contributed by atoms with Crippen LogP contribution in [0.5, 0.6) is 0 Å². The van der Waals surface area contributed by atoms with Crippen LogP contribution in [0.2, 0.25) is 0 Å². The molecule has 0 radical (unpaired) electrons. The van der Waals surface area contributed by atoms with E-state index >= 15 is 0 Å². The third kappa shape index (κ3) is 3.01. The maximum Gasteiger partial charge on any atom is 0.317 e. The van der Waals surface area contributed by atoms with Crippen molar-refractivity contribution in [2.24, 2.45) is 0 Å². The van der Waals surface area contributed by atoms with Crippen molar-refractivity contribution < 1.29 is 9.90 Å². The summed E-state index contributed by atoms with van der Waals surface area (Å²) in [7, 11) is 0. The summed E-state index contributed by atoms with van der Waals surface area (Å²) < 4.78 is 1.81. The first-order chi connectivity index (χ1) is 8.72. The number of carbonyl (C=O) groups is 1. The average molecular weight is 270 g/mol. The molecule has 0 spiro atoms. The van der Waals surface area contributed by atoms with Crippen LogP contribution in [-0.4, -0.2) is 36.5 Å². The Bertz CT molecular complexity index is 404. The highest BCUT2D eigenvalue weighted by Gasteiger charge is 2.25. The van der Waals surface area contributed by atoms with Crippen LogP contribution in [0.25, 0.3) is 0 Å². The number of aliphatic carboxylic acids is 1. The lowest BCUT2D eigenvalue weighted by atomic mass is 10.2. The highest BCUT2D eigenvalue weighted by molar-refractivity contribution is 8.00. The predicted octanol–water partition coefficient (Wildman–Crippen LogP) is 2.13. The molecule has 1 N–H and O–H groups in total. The van der Waals surface area contributed by atoms with Crippen molar-refractivity contribution in [1.82, 2.24) is 20.2 Å². The van der Waals surface area contributed by atoms with Crippen molar-refractivity contribution in [3.05, 3.63) is 0 Å². The van der Waals surface area contributed by atoms with Gasteiger partial charge in [-0.25, -0.2) is 4.68 Å². The van der Waals surface area contributed by atoms with Crippen molar-refractivity contribution in [3.8, 4) is 0 Å². The first-order valence-electron chi connectivity index (χ1n) is 6.39. The average Bonchev–Trinajstić information content (AvgIpc) is 2.97. The van der Waals surface area contributed by atoms with E-state index in [2.05, 4.69) is 15.5 Å². The van der Waals surface area contributed by atoms with Crippen LogP contribution in [0.4, 0.5) is 0 Å². The van der Waals surface area contributed by atoms with E-state index in [0.717, 1.165) is 19.3 Å². The minimum Gasteiger partial charge on any atom is -0.480 e. The number of nitrogens with zero attached hydrogens (tertiary/aromatic N) is 4. The number of thioether (sulfide) groups is 1. The molecular weight excluding hydrogens is 252 g/mol. The third-order valence-corrected chi connectivity index (χ3v) is 4.41. The Balaban J connectivity index is 2.08. The maximum absolute atomic E-state index is 11.1. The number of carboxylic acid groups (broad SMARTS) is 1. The van der Waals surface area contributed by atoms with Crippen molar-refractivity contribution in [3.63, 3.8) is 0 Å². The van der Waals surface area contributed by atoms with Gasteiger partial charge in [-0.3, -0.25) is 4.79 Å². The van der Waals surface area contributed by atoms with E-state index in [1.807, 2.05) is 11.6 Å². The lowest BCUT2D eigenvalue weighted by Gasteiger charge is -2.13. The Morgan fingerprint density at radius 3 is 2.89 bits per heavy atom. The Hall–Kier alpha value is -1.11. The van der Waals surface area contributed by atoms with Gasteiger partial charge in [0.2, 0.25) is 5.16 Å². The smallest absolute Gasteiger partial charge is 0.317 e. The molecule has 6 nitrogen and oxygen atoms in total. The van der Waals surface area contributed by atoms with Crippen molar-refractivity contribution in [2.45, 2.75) is 61.9 Å². The quantitative estimate of drug-likeness (QED) is 0.798. The van der Waals surface area contributed by atoms with Crippen LogP contribution in [-0.2, 0) is 4.79 Å². The number of tetrazole rings is 1. The van der Waals surface area contributed by atoms with E-state index in [1.165, 1.54) is 24.6 Å². The van der Waals surface area contributed by atoms with Gasteiger partial charge in [0.25, 0.3) is 0 Å². The summed E-state index contributed by atoms with van der Waals surface area (Å²) in [5.41, 5.74) is 0. The number of carboxylic acids is 1. The van der Waals surface area contributed by atoms with Crippen molar-refractivity contribution >= 4 is 17.7 Å². The Labute approximate surface area is 110 Å². The van der Waals surface area contributed by atoms with Gasteiger partial charge >= 0.3 is 5.97 Å². The van der Waals surface area contributed by atoms with Gasteiger partial charge in [-0.2, -0.15) is 0 Å². The summed E-state index contributed by atoms with van der Waals surface area (Å²) in [6.45, 7) is 1.98. The van der Waals surface area contributed by atoms with Crippen molar-refractivity contribution in [2.75, 3.05) is 0 Å². The fraction of sp³-hybridized carbons (Fsp3) is 0.818. The minimum atomic E-state index is -0.789. The number of rotatable bonds is 6. The second kappa shape index (κ2) is 6.17. The summed E-state index contributed by atoms with van der Waals surface area (Å²) in [4.78, 5) is 11.1. The topological polar surface area (TPSA) is 80.9 Å². The highest BCUT2D eigenvalue weighted by Crippen LogP contribution is 2.33. The van der Waals surface area contributed by atoms with Crippen LogP contribution in [0, 0.1) is 0 Å². The Morgan fingerprint density at radius 2 is 2.28 bits per heavy atom. The molecule has 0 amide bonds. The zero-order chi connectivity index (χ0) is 13.0. The van der Waals surface area contributed by atoms with Crippen LogP contribution in [0.3, 0.4) is 0 Å². The molecule has 1 aromatic heterocycles. The molecule has 1 fully saturated rings.